The first-order valence-corrected chi connectivity index (χ1v) is 4.01. The number of hydrogen-bond acceptors (Lipinski definition) is 4. The van der Waals surface area contributed by atoms with Gasteiger partial charge in [0.15, 0.2) is 6.73 Å². The standard InChI is InChI=1S/C4H10NO4P/c6-3-1-2-5-4-9-10(7)8/h5-6H,1-4H2/p+1. The summed E-state index contributed by atoms with van der Waals surface area (Å²) >= 11 is 0. The van der Waals surface area contributed by atoms with E-state index in [1.165, 1.54) is 0 Å². The SMILES string of the molecule is O=[P+](O)OCNCCCO. The summed E-state index contributed by atoms with van der Waals surface area (Å²) in [5.41, 5.74) is 0. The first-order chi connectivity index (χ1) is 4.77. The molecule has 0 saturated carbocycles. The van der Waals surface area contributed by atoms with Gasteiger partial charge in [-0.1, -0.05) is 0 Å². The molecule has 0 spiro atoms. The smallest absolute Gasteiger partial charge is 0.396 e. The van der Waals surface area contributed by atoms with Crippen LogP contribution < -0.4 is 5.32 Å². The summed E-state index contributed by atoms with van der Waals surface area (Å²) in [6.45, 7) is 0.740. The lowest BCUT2D eigenvalue weighted by atomic mass is 10.5. The molecule has 0 bridgehead atoms. The largest absolute Gasteiger partial charge is 0.696 e. The van der Waals surface area contributed by atoms with Crippen LogP contribution in [0.5, 0.6) is 0 Å². The predicted molar refractivity (Wildman–Crippen MR) is 35.5 cm³/mol. The Morgan fingerprint density at radius 2 is 2.30 bits per heavy atom. The molecule has 0 saturated heterocycles. The minimum atomic E-state index is -2.50. The van der Waals surface area contributed by atoms with E-state index in [4.69, 9.17) is 10.00 Å². The van der Waals surface area contributed by atoms with Crippen molar-refractivity contribution in [3.05, 3.63) is 0 Å². The first-order valence-electron chi connectivity index (χ1n) is 2.88. The molecule has 0 amide bonds. The maximum Gasteiger partial charge on any atom is 0.696 e. The second-order valence-electron chi connectivity index (χ2n) is 1.59. The molecule has 1 unspecified atom stereocenters. The second kappa shape index (κ2) is 7.05. The molecule has 0 aromatic carbocycles. The summed E-state index contributed by atoms with van der Waals surface area (Å²) in [4.78, 5) is 8.11. The summed E-state index contributed by atoms with van der Waals surface area (Å²) in [5, 5.41) is 11.0. The number of aliphatic hydroxyl groups excluding tert-OH is 1. The van der Waals surface area contributed by atoms with Gasteiger partial charge in [-0.3, -0.25) is 5.32 Å². The Balaban J connectivity index is 2.84. The molecule has 0 aliphatic carbocycles. The van der Waals surface area contributed by atoms with Crippen LogP contribution in [-0.4, -0.2) is 29.9 Å². The van der Waals surface area contributed by atoms with Crippen LogP contribution in [0.4, 0.5) is 0 Å². The summed E-state index contributed by atoms with van der Waals surface area (Å²) in [7, 11) is -2.50. The Morgan fingerprint density at radius 3 is 2.80 bits per heavy atom. The molecule has 0 heterocycles. The fraction of sp³-hybridized carbons (Fsp3) is 1.00. The van der Waals surface area contributed by atoms with Gasteiger partial charge in [-0.05, 0) is 13.0 Å². The van der Waals surface area contributed by atoms with E-state index < -0.39 is 8.25 Å². The fourth-order valence-electron chi connectivity index (χ4n) is 0.377. The van der Waals surface area contributed by atoms with Gasteiger partial charge >= 0.3 is 8.25 Å². The zero-order valence-electron chi connectivity index (χ0n) is 5.49. The fourth-order valence-corrected chi connectivity index (χ4v) is 0.579. The molecule has 6 heteroatoms. The molecule has 0 aliphatic heterocycles. The van der Waals surface area contributed by atoms with Crippen molar-refractivity contribution in [3.63, 3.8) is 0 Å². The van der Waals surface area contributed by atoms with Gasteiger partial charge in [0, 0.05) is 11.2 Å². The molecule has 0 aliphatic rings. The van der Waals surface area contributed by atoms with Crippen molar-refractivity contribution in [3.8, 4) is 0 Å². The Morgan fingerprint density at radius 1 is 1.60 bits per heavy atom. The Bertz CT molecular complexity index is 99.3. The molecule has 0 radical (unpaired) electrons. The van der Waals surface area contributed by atoms with Gasteiger partial charge < -0.3 is 5.11 Å². The number of nitrogens with one attached hydrogen (secondary N) is 1. The van der Waals surface area contributed by atoms with Gasteiger partial charge in [0.05, 0.1) is 0 Å². The maximum absolute atomic E-state index is 9.87. The molecule has 0 rings (SSSR count). The van der Waals surface area contributed by atoms with Gasteiger partial charge in [-0.2, -0.15) is 0 Å². The van der Waals surface area contributed by atoms with Crippen molar-refractivity contribution in [1.29, 1.82) is 0 Å². The summed E-state index contributed by atoms with van der Waals surface area (Å²) < 4.78 is 14.1. The van der Waals surface area contributed by atoms with Crippen molar-refractivity contribution in [1.82, 2.24) is 5.32 Å². The Kier molecular flexibility index (Phi) is 7.01. The van der Waals surface area contributed by atoms with Crippen molar-refractivity contribution >= 4 is 8.25 Å². The predicted octanol–water partition coefficient (Wildman–Crippen LogP) is -0.418. The Hall–Kier alpha value is -0.0600. The van der Waals surface area contributed by atoms with Crippen molar-refractivity contribution < 1.29 is 19.1 Å². The summed E-state index contributed by atoms with van der Waals surface area (Å²) in [6, 6.07) is 0. The minimum Gasteiger partial charge on any atom is -0.396 e. The van der Waals surface area contributed by atoms with Crippen LogP contribution in [0.2, 0.25) is 0 Å². The summed E-state index contributed by atoms with van der Waals surface area (Å²) in [6.07, 6.45) is 0.617. The van der Waals surface area contributed by atoms with E-state index in [1.54, 1.807) is 0 Å². The second-order valence-corrected chi connectivity index (χ2v) is 2.32. The highest BCUT2D eigenvalue weighted by molar-refractivity contribution is 7.32. The van der Waals surface area contributed by atoms with E-state index in [0.717, 1.165) is 0 Å². The van der Waals surface area contributed by atoms with Crippen molar-refractivity contribution in [2.24, 2.45) is 0 Å². The van der Waals surface area contributed by atoms with E-state index >= 15 is 0 Å². The monoisotopic (exact) mass is 168 g/mol. The van der Waals surface area contributed by atoms with E-state index in [-0.39, 0.29) is 13.3 Å². The van der Waals surface area contributed by atoms with Crippen LogP contribution in [0.15, 0.2) is 0 Å². The third-order valence-corrected chi connectivity index (χ3v) is 1.14. The number of aliphatic hydroxyl groups is 1. The molecule has 1 atom stereocenters. The van der Waals surface area contributed by atoms with E-state index in [0.29, 0.717) is 13.0 Å². The molecule has 0 aromatic rings. The number of rotatable bonds is 6. The average molecular weight is 168 g/mol. The lowest BCUT2D eigenvalue weighted by Gasteiger charge is -1.95. The lowest BCUT2D eigenvalue weighted by Crippen LogP contribution is -2.17. The Labute approximate surface area is 60.0 Å². The van der Waals surface area contributed by atoms with Crippen LogP contribution in [0.1, 0.15) is 6.42 Å². The van der Waals surface area contributed by atoms with Crippen LogP contribution in [0, 0.1) is 0 Å². The van der Waals surface area contributed by atoms with Gasteiger partial charge in [-0.25, -0.2) is 0 Å². The zero-order valence-corrected chi connectivity index (χ0v) is 6.38. The van der Waals surface area contributed by atoms with Gasteiger partial charge in [0.2, 0.25) is 0 Å². The van der Waals surface area contributed by atoms with Gasteiger partial charge in [-0.15, -0.1) is 9.42 Å². The highest BCUT2D eigenvalue weighted by atomic mass is 31.1. The summed E-state index contributed by atoms with van der Waals surface area (Å²) in [5.74, 6) is 0. The van der Waals surface area contributed by atoms with Gasteiger partial charge in [0.1, 0.15) is 0 Å². The zero-order chi connectivity index (χ0) is 7.82. The van der Waals surface area contributed by atoms with Crippen LogP contribution >= 0.6 is 8.25 Å². The van der Waals surface area contributed by atoms with Crippen molar-refractivity contribution in [2.75, 3.05) is 19.9 Å². The molecular weight excluding hydrogens is 157 g/mol. The highest BCUT2D eigenvalue weighted by Crippen LogP contribution is 2.11. The quantitative estimate of drug-likeness (QED) is 0.285. The van der Waals surface area contributed by atoms with E-state index in [1.807, 2.05) is 0 Å². The molecule has 3 N–H and O–H groups in total. The molecule has 60 valence electrons. The molecular formula is C4H11NO4P+. The number of hydrogen-bond donors (Lipinski definition) is 3. The molecule has 0 aromatic heterocycles. The molecule has 5 nitrogen and oxygen atoms in total. The topological polar surface area (TPSA) is 78.8 Å². The van der Waals surface area contributed by atoms with E-state index in [2.05, 4.69) is 9.84 Å². The molecule has 10 heavy (non-hydrogen) atoms. The third kappa shape index (κ3) is 7.94. The normalized spacial score (nSPS) is 11.6. The average Bonchev–Trinajstić information content (AvgIpc) is 1.87. The van der Waals surface area contributed by atoms with Crippen LogP contribution in [-0.2, 0) is 9.09 Å². The van der Waals surface area contributed by atoms with Gasteiger partial charge in [0.25, 0.3) is 0 Å². The minimum absolute atomic E-state index is 0.0473. The highest BCUT2D eigenvalue weighted by Gasteiger charge is 2.09. The van der Waals surface area contributed by atoms with Crippen LogP contribution in [0.3, 0.4) is 0 Å². The van der Waals surface area contributed by atoms with Crippen LogP contribution in [0.25, 0.3) is 0 Å². The van der Waals surface area contributed by atoms with E-state index in [9.17, 15) is 4.57 Å². The third-order valence-electron chi connectivity index (χ3n) is 0.789. The lowest BCUT2D eigenvalue weighted by molar-refractivity contribution is 0.244. The first kappa shape index (κ1) is 9.94. The maximum atomic E-state index is 9.87. The van der Waals surface area contributed by atoms with Crippen molar-refractivity contribution in [2.45, 2.75) is 6.42 Å². The molecule has 0 fully saturated rings.